The standard InChI is InChI=1S/C18H20N4O2/c23-18-22(13-12-21-10-2-1-3-11-21)20-17(24-18)15-6-4-8-16-14(15)7-5-9-19-16/h4-9H,1-3,10-13H2. The summed E-state index contributed by atoms with van der Waals surface area (Å²) in [6.45, 7) is 3.61. The molecule has 1 saturated heterocycles. The van der Waals surface area contributed by atoms with Crippen molar-refractivity contribution in [1.82, 2.24) is 19.7 Å². The third kappa shape index (κ3) is 2.97. The van der Waals surface area contributed by atoms with Crippen LogP contribution in [0.1, 0.15) is 19.3 Å². The van der Waals surface area contributed by atoms with Gasteiger partial charge in [-0.15, -0.1) is 5.10 Å². The first-order chi connectivity index (χ1) is 11.8. The van der Waals surface area contributed by atoms with Crippen LogP contribution >= 0.6 is 0 Å². The van der Waals surface area contributed by atoms with Crippen molar-refractivity contribution >= 4 is 10.9 Å². The topological polar surface area (TPSA) is 64.2 Å². The number of hydrogen-bond acceptors (Lipinski definition) is 5. The molecule has 0 N–H and O–H groups in total. The summed E-state index contributed by atoms with van der Waals surface area (Å²) in [5, 5.41) is 5.33. The molecule has 0 amide bonds. The molecule has 1 aromatic carbocycles. The molecule has 0 saturated carbocycles. The Bertz CT molecular complexity index is 888. The minimum atomic E-state index is -0.400. The second-order valence-electron chi connectivity index (χ2n) is 6.17. The van der Waals surface area contributed by atoms with E-state index in [1.54, 1.807) is 6.20 Å². The summed E-state index contributed by atoms with van der Waals surface area (Å²) in [6.07, 6.45) is 5.53. The van der Waals surface area contributed by atoms with Gasteiger partial charge in [0.2, 0.25) is 5.89 Å². The molecule has 1 fully saturated rings. The fourth-order valence-electron chi connectivity index (χ4n) is 3.27. The average Bonchev–Trinajstić information content (AvgIpc) is 3.01. The molecule has 1 aliphatic rings. The molecule has 3 heterocycles. The molecule has 0 atom stereocenters. The molecule has 3 aromatic rings. The van der Waals surface area contributed by atoms with E-state index >= 15 is 0 Å². The van der Waals surface area contributed by atoms with Crippen molar-refractivity contribution in [3.8, 4) is 11.5 Å². The quantitative estimate of drug-likeness (QED) is 0.738. The summed E-state index contributed by atoms with van der Waals surface area (Å²) in [6, 6.07) is 9.58. The summed E-state index contributed by atoms with van der Waals surface area (Å²) in [5.41, 5.74) is 1.66. The summed E-state index contributed by atoms with van der Waals surface area (Å²) in [4.78, 5) is 18.8. The normalized spacial score (nSPS) is 15.8. The molecule has 0 bridgehead atoms. The minimum Gasteiger partial charge on any atom is -0.388 e. The highest BCUT2D eigenvalue weighted by Crippen LogP contribution is 2.25. The molecule has 1 aliphatic heterocycles. The van der Waals surface area contributed by atoms with Crippen LogP contribution in [-0.4, -0.2) is 39.3 Å². The summed E-state index contributed by atoms with van der Waals surface area (Å²) in [5.74, 6) is -0.0415. The maximum atomic E-state index is 12.1. The molecule has 0 radical (unpaired) electrons. The van der Waals surface area contributed by atoms with Gasteiger partial charge in [-0.2, -0.15) is 4.68 Å². The maximum absolute atomic E-state index is 12.1. The molecule has 4 rings (SSSR count). The lowest BCUT2D eigenvalue weighted by molar-refractivity contribution is 0.216. The highest BCUT2D eigenvalue weighted by atomic mass is 16.4. The number of pyridine rings is 1. The predicted molar refractivity (Wildman–Crippen MR) is 91.8 cm³/mol. The van der Waals surface area contributed by atoms with Crippen LogP contribution < -0.4 is 5.76 Å². The Hall–Kier alpha value is -2.47. The van der Waals surface area contributed by atoms with Crippen LogP contribution in [0.15, 0.2) is 45.7 Å². The van der Waals surface area contributed by atoms with Gasteiger partial charge in [-0.1, -0.05) is 18.6 Å². The van der Waals surface area contributed by atoms with Crippen LogP contribution in [0.3, 0.4) is 0 Å². The van der Waals surface area contributed by atoms with Crippen molar-refractivity contribution in [2.24, 2.45) is 0 Å². The third-order valence-electron chi connectivity index (χ3n) is 4.56. The van der Waals surface area contributed by atoms with Gasteiger partial charge in [-0.3, -0.25) is 4.98 Å². The Morgan fingerprint density at radius 2 is 1.92 bits per heavy atom. The van der Waals surface area contributed by atoms with Gasteiger partial charge in [0.15, 0.2) is 0 Å². The van der Waals surface area contributed by atoms with Crippen molar-refractivity contribution in [3.05, 3.63) is 47.1 Å². The van der Waals surface area contributed by atoms with E-state index in [0.29, 0.717) is 12.4 Å². The first-order valence-electron chi connectivity index (χ1n) is 8.46. The molecule has 2 aromatic heterocycles. The minimum absolute atomic E-state index is 0.359. The van der Waals surface area contributed by atoms with Crippen molar-refractivity contribution in [1.29, 1.82) is 0 Å². The molecule has 0 unspecified atom stereocenters. The first kappa shape index (κ1) is 15.1. The van der Waals surface area contributed by atoms with E-state index in [1.807, 2.05) is 30.3 Å². The molecule has 0 aliphatic carbocycles. The number of rotatable bonds is 4. The van der Waals surface area contributed by atoms with Crippen molar-refractivity contribution < 1.29 is 4.42 Å². The van der Waals surface area contributed by atoms with Gasteiger partial charge >= 0.3 is 5.76 Å². The molecule has 24 heavy (non-hydrogen) atoms. The van der Waals surface area contributed by atoms with E-state index < -0.39 is 5.76 Å². The van der Waals surface area contributed by atoms with Gasteiger partial charge in [0.1, 0.15) is 0 Å². The van der Waals surface area contributed by atoms with Crippen molar-refractivity contribution in [2.45, 2.75) is 25.8 Å². The van der Waals surface area contributed by atoms with Gasteiger partial charge in [-0.05, 0) is 44.1 Å². The number of nitrogens with zero attached hydrogens (tertiary/aromatic N) is 4. The second kappa shape index (κ2) is 6.57. The SMILES string of the molecule is O=c1oc(-c2cccc3ncccc23)nn1CCN1CCCCC1. The molecule has 6 heteroatoms. The number of fused-ring (bicyclic) bond motifs is 1. The predicted octanol–water partition coefficient (Wildman–Crippen LogP) is 2.54. The van der Waals surface area contributed by atoms with Gasteiger partial charge < -0.3 is 9.32 Å². The molecular formula is C18H20N4O2. The van der Waals surface area contributed by atoms with Crippen LogP contribution in [0.25, 0.3) is 22.4 Å². The van der Waals surface area contributed by atoms with E-state index in [0.717, 1.165) is 36.1 Å². The maximum Gasteiger partial charge on any atom is 0.437 e. The lowest BCUT2D eigenvalue weighted by atomic mass is 10.1. The Morgan fingerprint density at radius 3 is 2.79 bits per heavy atom. The Labute approximate surface area is 139 Å². The monoisotopic (exact) mass is 324 g/mol. The zero-order valence-corrected chi connectivity index (χ0v) is 13.5. The fraction of sp³-hybridized carbons (Fsp3) is 0.389. The number of aromatic nitrogens is 3. The van der Waals surface area contributed by atoms with Crippen LogP contribution in [0.2, 0.25) is 0 Å². The Morgan fingerprint density at radius 1 is 1.04 bits per heavy atom. The van der Waals surface area contributed by atoms with E-state index in [4.69, 9.17) is 4.42 Å². The van der Waals surface area contributed by atoms with E-state index in [-0.39, 0.29) is 0 Å². The largest absolute Gasteiger partial charge is 0.437 e. The number of piperidine rings is 1. The highest BCUT2D eigenvalue weighted by Gasteiger charge is 2.15. The second-order valence-corrected chi connectivity index (χ2v) is 6.17. The zero-order valence-electron chi connectivity index (χ0n) is 13.5. The molecule has 0 spiro atoms. The lowest BCUT2D eigenvalue weighted by Crippen LogP contribution is -2.34. The molecular weight excluding hydrogens is 304 g/mol. The number of likely N-dealkylation sites (tertiary alicyclic amines) is 1. The van der Waals surface area contributed by atoms with E-state index in [1.165, 1.54) is 23.9 Å². The zero-order chi connectivity index (χ0) is 16.4. The molecule has 124 valence electrons. The van der Waals surface area contributed by atoms with Crippen LogP contribution in [0, 0.1) is 0 Å². The highest BCUT2D eigenvalue weighted by molar-refractivity contribution is 5.92. The Kier molecular flexibility index (Phi) is 4.13. The smallest absolute Gasteiger partial charge is 0.388 e. The summed E-state index contributed by atoms with van der Waals surface area (Å²) >= 11 is 0. The fourth-order valence-corrected chi connectivity index (χ4v) is 3.27. The van der Waals surface area contributed by atoms with Crippen molar-refractivity contribution in [2.75, 3.05) is 19.6 Å². The number of benzene rings is 1. The van der Waals surface area contributed by atoms with Gasteiger partial charge in [0.05, 0.1) is 12.1 Å². The van der Waals surface area contributed by atoms with Gasteiger partial charge in [0.25, 0.3) is 0 Å². The van der Waals surface area contributed by atoms with E-state index in [2.05, 4.69) is 15.0 Å². The molecule has 6 nitrogen and oxygen atoms in total. The average molecular weight is 324 g/mol. The van der Waals surface area contributed by atoms with Crippen LogP contribution in [-0.2, 0) is 6.54 Å². The first-order valence-corrected chi connectivity index (χ1v) is 8.46. The Balaban J connectivity index is 1.59. The van der Waals surface area contributed by atoms with E-state index in [9.17, 15) is 4.79 Å². The van der Waals surface area contributed by atoms with Crippen LogP contribution in [0.4, 0.5) is 0 Å². The van der Waals surface area contributed by atoms with Crippen molar-refractivity contribution in [3.63, 3.8) is 0 Å². The lowest BCUT2D eigenvalue weighted by Gasteiger charge is -2.25. The summed E-state index contributed by atoms with van der Waals surface area (Å²) in [7, 11) is 0. The third-order valence-corrected chi connectivity index (χ3v) is 4.56. The van der Waals surface area contributed by atoms with Crippen LogP contribution in [0.5, 0.6) is 0 Å². The number of hydrogen-bond donors (Lipinski definition) is 0. The summed E-state index contributed by atoms with van der Waals surface area (Å²) < 4.78 is 6.83. The van der Waals surface area contributed by atoms with Gasteiger partial charge in [0, 0.05) is 23.7 Å². The van der Waals surface area contributed by atoms with Gasteiger partial charge in [-0.25, -0.2) is 4.79 Å².